The quantitative estimate of drug-likeness (QED) is 0.914. The summed E-state index contributed by atoms with van der Waals surface area (Å²) in [5.74, 6) is 2.58. The van der Waals surface area contributed by atoms with Crippen molar-refractivity contribution in [3.05, 3.63) is 23.3 Å². The van der Waals surface area contributed by atoms with Gasteiger partial charge in [0.1, 0.15) is 5.82 Å². The average Bonchev–Trinajstić information content (AvgIpc) is 3.19. The monoisotopic (exact) mass is 342 g/mol. The highest BCUT2D eigenvalue weighted by Crippen LogP contribution is 2.30. The van der Waals surface area contributed by atoms with Crippen LogP contribution in [0.4, 0.5) is 0 Å². The van der Waals surface area contributed by atoms with Gasteiger partial charge in [-0.2, -0.15) is 0 Å². The van der Waals surface area contributed by atoms with Crippen molar-refractivity contribution >= 4 is 5.91 Å². The van der Waals surface area contributed by atoms with Crippen LogP contribution in [0.1, 0.15) is 74.4 Å². The molecule has 25 heavy (non-hydrogen) atoms. The van der Waals surface area contributed by atoms with Crippen LogP contribution in [0.5, 0.6) is 0 Å². The van der Waals surface area contributed by atoms with Gasteiger partial charge in [-0.3, -0.25) is 4.79 Å². The zero-order valence-electron chi connectivity index (χ0n) is 15.2. The number of fused-ring (bicyclic) bond motifs is 1. The molecule has 0 aromatic carbocycles. The molecular formula is C20H30N4O. The molecule has 2 aliphatic heterocycles. The Morgan fingerprint density at radius 2 is 2.00 bits per heavy atom. The highest BCUT2D eigenvalue weighted by Gasteiger charge is 2.27. The highest BCUT2D eigenvalue weighted by molar-refractivity contribution is 5.76. The van der Waals surface area contributed by atoms with Crippen LogP contribution in [-0.2, 0) is 17.8 Å². The molecule has 5 nitrogen and oxygen atoms in total. The Balaban J connectivity index is 1.28. The topological polar surface area (TPSA) is 58.1 Å². The summed E-state index contributed by atoms with van der Waals surface area (Å²) in [6.07, 6.45) is 12.3. The lowest BCUT2D eigenvalue weighted by molar-refractivity contribution is -0.132. The van der Waals surface area contributed by atoms with Gasteiger partial charge in [0.25, 0.3) is 0 Å². The molecule has 5 heteroatoms. The van der Waals surface area contributed by atoms with Gasteiger partial charge in [0, 0.05) is 62.4 Å². The van der Waals surface area contributed by atoms with E-state index in [0.717, 1.165) is 70.0 Å². The van der Waals surface area contributed by atoms with Crippen molar-refractivity contribution in [2.75, 3.05) is 19.6 Å². The largest absolute Gasteiger partial charge is 0.343 e. The molecule has 1 saturated carbocycles. The van der Waals surface area contributed by atoms with Crippen LogP contribution in [-0.4, -0.2) is 40.4 Å². The number of hydrogen-bond donors (Lipinski definition) is 1. The van der Waals surface area contributed by atoms with Crippen molar-refractivity contribution in [1.82, 2.24) is 20.2 Å². The minimum Gasteiger partial charge on any atom is -0.343 e. The average molecular weight is 342 g/mol. The molecule has 3 heterocycles. The molecule has 0 unspecified atom stereocenters. The number of nitrogens with one attached hydrogen (secondary N) is 1. The fourth-order valence-corrected chi connectivity index (χ4v) is 4.62. The Morgan fingerprint density at radius 3 is 2.80 bits per heavy atom. The highest BCUT2D eigenvalue weighted by atomic mass is 16.2. The van der Waals surface area contributed by atoms with Crippen molar-refractivity contribution in [2.24, 2.45) is 5.92 Å². The summed E-state index contributed by atoms with van der Waals surface area (Å²) in [4.78, 5) is 24.0. The molecule has 1 aromatic rings. The van der Waals surface area contributed by atoms with Crippen LogP contribution in [0.25, 0.3) is 0 Å². The maximum atomic E-state index is 12.5. The van der Waals surface area contributed by atoms with Gasteiger partial charge >= 0.3 is 0 Å². The number of piperidine rings is 1. The summed E-state index contributed by atoms with van der Waals surface area (Å²) >= 11 is 0. The summed E-state index contributed by atoms with van der Waals surface area (Å²) in [6.45, 7) is 3.65. The zero-order chi connectivity index (χ0) is 17.1. The molecular weight excluding hydrogens is 312 g/mol. The van der Waals surface area contributed by atoms with E-state index in [2.05, 4.69) is 15.2 Å². The maximum absolute atomic E-state index is 12.5. The Labute approximate surface area is 150 Å². The van der Waals surface area contributed by atoms with Gasteiger partial charge in [-0.1, -0.05) is 25.7 Å². The summed E-state index contributed by atoms with van der Waals surface area (Å²) in [6, 6.07) is 0. The fourth-order valence-electron chi connectivity index (χ4n) is 4.62. The molecule has 0 spiro atoms. The molecule has 3 aliphatic rings. The minimum atomic E-state index is 0.364. The summed E-state index contributed by atoms with van der Waals surface area (Å²) in [7, 11) is 0. The number of aromatic nitrogens is 2. The minimum absolute atomic E-state index is 0.364. The van der Waals surface area contributed by atoms with Gasteiger partial charge in [0.05, 0.1) is 0 Å². The molecule has 136 valence electrons. The normalized spacial score (nSPS) is 22.2. The van der Waals surface area contributed by atoms with Crippen LogP contribution in [0.15, 0.2) is 6.20 Å². The maximum Gasteiger partial charge on any atom is 0.222 e. The van der Waals surface area contributed by atoms with Gasteiger partial charge < -0.3 is 10.2 Å². The third kappa shape index (κ3) is 4.02. The van der Waals surface area contributed by atoms with E-state index in [1.54, 1.807) is 0 Å². The number of rotatable bonds is 4. The lowest BCUT2D eigenvalue weighted by atomic mass is 9.94. The Hall–Kier alpha value is -1.49. The molecule has 2 fully saturated rings. The van der Waals surface area contributed by atoms with Crippen LogP contribution in [0, 0.1) is 5.92 Å². The number of carbonyl (C=O) groups excluding carboxylic acids is 1. The Bertz CT molecular complexity index is 604. The second-order valence-electron chi connectivity index (χ2n) is 7.97. The molecule has 1 amide bonds. The van der Waals surface area contributed by atoms with E-state index in [4.69, 9.17) is 4.98 Å². The first kappa shape index (κ1) is 17.0. The molecule has 4 rings (SSSR count). The second kappa shape index (κ2) is 7.81. The third-order valence-electron chi connectivity index (χ3n) is 6.28. The first-order valence-electron chi connectivity index (χ1n) is 10.1. The summed E-state index contributed by atoms with van der Waals surface area (Å²) < 4.78 is 0. The van der Waals surface area contributed by atoms with Crippen molar-refractivity contribution in [3.63, 3.8) is 0 Å². The molecule has 1 N–H and O–H groups in total. The molecule has 0 bridgehead atoms. The van der Waals surface area contributed by atoms with Gasteiger partial charge in [-0.15, -0.1) is 0 Å². The van der Waals surface area contributed by atoms with E-state index in [9.17, 15) is 4.79 Å². The summed E-state index contributed by atoms with van der Waals surface area (Å²) in [5, 5.41) is 3.37. The van der Waals surface area contributed by atoms with Crippen molar-refractivity contribution in [3.8, 4) is 0 Å². The first-order chi connectivity index (χ1) is 12.3. The first-order valence-corrected chi connectivity index (χ1v) is 10.1. The predicted octanol–water partition coefficient (Wildman–Crippen LogP) is 2.80. The van der Waals surface area contributed by atoms with E-state index in [0.29, 0.717) is 11.8 Å². The SMILES string of the molecule is O=C(CCC1CCCC1)N1CCC(c2ncc3c(n2)CCNC3)CC1. The number of carbonyl (C=O) groups is 1. The molecule has 0 radical (unpaired) electrons. The molecule has 1 aromatic heterocycles. The van der Waals surface area contributed by atoms with Gasteiger partial charge in [0.15, 0.2) is 0 Å². The second-order valence-corrected chi connectivity index (χ2v) is 7.97. The molecule has 1 saturated heterocycles. The van der Waals surface area contributed by atoms with Crippen molar-refractivity contribution in [2.45, 2.75) is 70.3 Å². The number of likely N-dealkylation sites (tertiary alicyclic amines) is 1. The van der Waals surface area contributed by atoms with Crippen molar-refractivity contribution in [1.29, 1.82) is 0 Å². The lowest BCUT2D eigenvalue weighted by Gasteiger charge is -2.32. The van der Waals surface area contributed by atoms with Gasteiger partial charge in [-0.05, 0) is 25.2 Å². The zero-order valence-corrected chi connectivity index (χ0v) is 15.2. The summed E-state index contributed by atoms with van der Waals surface area (Å²) in [5.41, 5.74) is 2.47. The standard InChI is InChI=1S/C20H30N4O/c25-19(6-5-15-3-1-2-4-15)24-11-8-16(9-12-24)20-22-14-17-13-21-10-7-18(17)23-20/h14-16,21H,1-13H2. The lowest BCUT2D eigenvalue weighted by Crippen LogP contribution is -2.38. The van der Waals surface area contributed by atoms with Crippen molar-refractivity contribution < 1.29 is 4.79 Å². The van der Waals surface area contributed by atoms with Crippen LogP contribution >= 0.6 is 0 Å². The van der Waals surface area contributed by atoms with E-state index in [1.807, 2.05) is 6.20 Å². The smallest absolute Gasteiger partial charge is 0.222 e. The van der Waals surface area contributed by atoms with Crippen LogP contribution in [0.2, 0.25) is 0 Å². The predicted molar refractivity (Wildman–Crippen MR) is 97.2 cm³/mol. The number of amides is 1. The molecule has 0 atom stereocenters. The molecule has 1 aliphatic carbocycles. The number of nitrogens with zero attached hydrogens (tertiary/aromatic N) is 3. The fraction of sp³-hybridized carbons (Fsp3) is 0.750. The van der Waals surface area contributed by atoms with E-state index >= 15 is 0 Å². The third-order valence-corrected chi connectivity index (χ3v) is 6.28. The Kier molecular flexibility index (Phi) is 5.30. The van der Waals surface area contributed by atoms with E-state index < -0.39 is 0 Å². The number of hydrogen-bond acceptors (Lipinski definition) is 4. The van der Waals surface area contributed by atoms with E-state index in [-0.39, 0.29) is 0 Å². The van der Waals surface area contributed by atoms with Gasteiger partial charge in [0.2, 0.25) is 5.91 Å². The van der Waals surface area contributed by atoms with Gasteiger partial charge in [-0.25, -0.2) is 9.97 Å². The Morgan fingerprint density at radius 1 is 1.20 bits per heavy atom. The van der Waals surface area contributed by atoms with E-state index in [1.165, 1.54) is 36.9 Å². The van der Waals surface area contributed by atoms with Crippen LogP contribution < -0.4 is 5.32 Å². The van der Waals surface area contributed by atoms with Crippen LogP contribution in [0.3, 0.4) is 0 Å².